The predicted molar refractivity (Wildman–Crippen MR) is 49.1 cm³/mol. The van der Waals surface area contributed by atoms with Gasteiger partial charge in [-0.25, -0.2) is 0 Å². The third-order valence-electron chi connectivity index (χ3n) is 1.73. The Kier molecular flexibility index (Phi) is 4.48. The van der Waals surface area contributed by atoms with Crippen molar-refractivity contribution >= 4 is 6.29 Å². The van der Waals surface area contributed by atoms with Crippen molar-refractivity contribution in [1.29, 1.82) is 0 Å². The number of aromatic nitrogens is 2. The van der Waals surface area contributed by atoms with E-state index in [9.17, 15) is 18.0 Å². The highest BCUT2D eigenvalue weighted by atomic mass is 19.4. The van der Waals surface area contributed by atoms with E-state index in [0.29, 0.717) is 24.8 Å². The summed E-state index contributed by atoms with van der Waals surface area (Å²) in [5.74, 6) is 0. The molecule has 0 aromatic carbocycles. The number of alkyl halides is 3. The number of hydrogen-bond acceptors (Lipinski definition) is 3. The normalized spacial score (nSPS) is 11.7. The van der Waals surface area contributed by atoms with Crippen molar-refractivity contribution in [2.45, 2.75) is 19.1 Å². The van der Waals surface area contributed by atoms with Crippen LogP contribution in [0.25, 0.3) is 0 Å². The Labute approximate surface area is 90.0 Å². The van der Waals surface area contributed by atoms with Crippen LogP contribution in [0.1, 0.15) is 16.8 Å². The molecule has 1 aromatic rings. The van der Waals surface area contributed by atoms with E-state index in [1.807, 2.05) is 0 Å². The molecule has 0 saturated carbocycles. The van der Waals surface area contributed by atoms with Crippen LogP contribution in [-0.4, -0.2) is 35.5 Å². The highest BCUT2D eigenvalue weighted by Gasteiger charge is 2.27. The topological polar surface area (TPSA) is 44.1 Å². The van der Waals surface area contributed by atoms with Crippen molar-refractivity contribution in [2.24, 2.45) is 0 Å². The van der Waals surface area contributed by atoms with Gasteiger partial charge in [0, 0.05) is 19.3 Å². The molecule has 0 fully saturated rings. The molecule has 0 aliphatic heterocycles. The van der Waals surface area contributed by atoms with Gasteiger partial charge in [-0.15, -0.1) is 0 Å². The zero-order valence-electron chi connectivity index (χ0n) is 8.41. The predicted octanol–water partition coefficient (Wildman–Crippen LogP) is 1.66. The average molecular weight is 236 g/mol. The quantitative estimate of drug-likeness (QED) is 0.557. The lowest BCUT2D eigenvalue weighted by molar-refractivity contribution is -0.174. The Morgan fingerprint density at radius 2 is 2.25 bits per heavy atom. The Hall–Kier alpha value is -1.37. The summed E-state index contributed by atoms with van der Waals surface area (Å²) in [6, 6.07) is 0. The molecule has 90 valence electrons. The number of hydrogen-bond donors (Lipinski definition) is 0. The lowest BCUT2D eigenvalue weighted by Crippen LogP contribution is -2.17. The molecule has 16 heavy (non-hydrogen) atoms. The molecule has 0 atom stereocenters. The van der Waals surface area contributed by atoms with Gasteiger partial charge in [0.2, 0.25) is 0 Å². The number of carbonyl (C=O) groups excluding carboxylic acids is 1. The molecule has 0 aliphatic carbocycles. The second-order valence-corrected chi connectivity index (χ2v) is 3.18. The first-order chi connectivity index (χ1) is 7.51. The number of halogens is 3. The van der Waals surface area contributed by atoms with E-state index in [2.05, 4.69) is 9.84 Å². The van der Waals surface area contributed by atoms with Crippen LogP contribution in [0.4, 0.5) is 13.2 Å². The fourth-order valence-corrected chi connectivity index (χ4v) is 1.08. The van der Waals surface area contributed by atoms with Gasteiger partial charge in [-0.05, 0) is 6.42 Å². The molecule has 1 rings (SSSR count). The minimum Gasteiger partial charge on any atom is -0.372 e. The molecule has 0 N–H and O–H groups in total. The maximum Gasteiger partial charge on any atom is 0.411 e. The number of carbonyl (C=O) groups is 1. The number of nitrogens with zero attached hydrogens (tertiary/aromatic N) is 2. The van der Waals surface area contributed by atoms with E-state index in [1.165, 1.54) is 17.1 Å². The van der Waals surface area contributed by atoms with Gasteiger partial charge in [-0.1, -0.05) is 0 Å². The second-order valence-electron chi connectivity index (χ2n) is 3.18. The summed E-state index contributed by atoms with van der Waals surface area (Å²) in [6.07, 6.45) is -0.295. The molecule has 0 amide bonds. The molecule has 4 nitrogen and oxygen atoms in total. The molecular formula is C9H11F3N2O2. The first-order valence-corrected chi connectivity index (χ1v) is 4.63. The molecular weight excluding hydrogens is 225 g/mol. The summed E-state index contributed by atoms with van der Waals surface area (Å²) in [7, 11) is 0. The summed E-state index contributed by atoms with van der Waals surface area (Å²) < 4.78 is 40.9. The van der Waals surface area contributed by atoms with Crippen LogP contribution in [0.3, 0.4) is 0 Å². The van der Waals surface area contributed by atoms with E-state index in [1.54, 1.807) is 0 Å². The van der Waals surface area contributed by atoms with Gasteiger partial charge in [0.05, 0.1) is 11.8 Å². The van der Waals surface area contributed by atoms with Gasteiger partial charge in [-0.3, -0.25) is 9.48 Å². The maximum atomic E-state index is 11.7. The minimum absolute atomic E-state index is 0.00971. The number of aryl methyl sites for hydroxylation is 1. The van der Waals surface area contributed by atoms with E-state index >= 15 is 0 Å². The molecule has 0 aliphatic rings. The first kappa shape index (κ1) is 12.7. The summed E-state index contributed by atoms with van der Waals surface area (Å²) in [5.41, 5.74) is 0.441. The van der Waals surface area contributed by atoms with Gasteiger partial charge in [0.25, 0.3) is 0 Å². The number of ether oxygens (including phenoxy) is 1. The Morgan fingerprint density at radius 3 is 2.81 bits per heavy atom. The SMILES string of the molecule is O=Cc1cnn(CCCOCC(F)(F)F)c1. The Morgan fingerprint density at radius 1 is 1.50 bits per heavy atom. The van der Waals surface area contributed by atoms with Crippen molar-refractivity contribution in [3.05, 3.63) is 18.0 Å². The minimum atomic E-state index is -4.28. The summed E-state index contributed by atoms with van der Waals surface area (Å²) >= 11 is 0. The van der Waals surface area contributed by atoms with Crippen LogP contribution in [0.15, 0.2) is 12.4 Å². The highest BCUT2D eigenvalue weighted by Crippen LogP contribution is 2.14. The smallest absolute Gasteiger partial charge is 0.372 e. The zero-order chi connectivity index (χ0) is 12.0. The standard InChI is InChI=1S/C9H11F3N2O2/c10-9(11,12)7-16-3-1-2-14-5-8(6-15)4-13-14/h4-6H,1-3,7H2. The Bertz CT molecular complexity index is 336. The summed E-state index contributed by atoms with van der Waals surface area (Å²) in [4.78, 5) is 10.3. The maximum absolute atomic E-state index is 11.7. The lowest BCUT2D eigenvalue weighted by Gasteiger charge is -2.07. The van der Waals surface area contributed by atoms with Crippen LogP contribution in [-0.2, 0) is 11.3 Å². The van der Waals surface area contributed by atoms with Crippen LogP contribution in [0.5, 0.6) is 0 Å². The van der Waals surface area contributed by atoms with Gasteiger partial charge < -0.3 is 4.74 Å². The fourth-order valence-electron chi connectivity index (χ4n) is 1.08. The van der Waals surface area contributed by atoms with E-state index in [4.69, 9.17) is 0 Å². The largest absolute Gasteiger partial charge is 0.411 e. The van der Waals surface area contributed by atoms with Crippen LogP contribution >= 0.6 is 0 Å². The van der Waals surface area contributed by atoms with Crippen molar-refractivity contribution < 1.29 is 22.7 Å². The summed E-state index contributed by atoms with van der Waals surface area (Å²) in [6.45, 7) is -0.798. The van der Waals surface area contributed by atoms with Gasteiger partial charge in [-0.2, -0.15) is 18.3 Å². The lowest BCUT2D eigenvalue weighted by atomic mass is 10.4. The zero-order valence-corrected chi connectivity index (χ0v) is 8.41. The molecule has 1 heterocycles. The number of aldehydes is 1. The molecule has 0 unspecified atom stereocenters. The van der Waals surface area contributed by atoms with Crippen LogP contribution in [0, 0.1) is 0 Å². The van der Waals surface area contributed by atoms with Crippen molar-refractivity contribution in [2.75, 3.05) is 13.2 Å². The molecule has 0 bridgehead atoms. The Balaban J connectivity index is 2.14. The summed E-state index contributed by atoms with van der Waals surface area (Å²) in [5, 5.41) is 3.84. The monoisotopic (exact) mass is 236 g/mol. The van der Waals surface area contributed by atoms with Crippen LogP contribution in [0.2, 0.25) is 0 Å². The van der Waals surface area contributed by atoms with Gasteiger partial charge in [0.15, 0.2) is 6.29 Å². The molecule has 7 heteroatoms. The average Bonchev–Trinajstić information content (AvgIpc) is 2.63. The van der Waals surface area contributed by atoms with E-state index in [0.717, 1.165) is 0 Å². The third-order valence-corrected chi connectivity index (χ3v) is 1.73. The molecule has 0 radical (unpaired) electrons. The molecule has 0 saturated heterocycles. The van der Waals surface area contributed by atoms with Crippen molar-refractivity contribution in [3.8, 4) is 0 Å². The number of rotatable bonds is 6. The fraction of sp³-hybridized carbons (Fsp3) is 0.556. The second kappa shape index (κ2) is 5.64. The van der Waals surface area contributed by atoms with Gasteiger partial charge in [0.1, 0.15) is 6.61 Å². The van der Waals surface area contributed by atoms with Crippen molar-refractivity contribution in [3.63, 3.8) is 0 Å². The third kappa shape index (κ3) is 4.92. The molecule has 0 spiro atoms. The van der Waals surface area contributed by atoms with Crippen LogP contribution < -0.4 is 0 Å². The van der Waals surface area contributed by atoms with Gasteiger partial charge >= 0.3 is 6.18 Å². The van der Waals surface area contributed by atoms with Crippen molar-refractivity contribution in [1.82, 2.24) is 9.78 Å². The van der Waals surface area contributed by atoms with E-state index in [-0.39, 0.29) is 6.61 Å². The van der Waals surface area contributed by atoms with E-state index < -0.39 is 12.8 Å². The highest BCUT2D eigenvalue weighted by molar-refractivity contribution is 5.73. The first-order valence-electron chi connectivity index (χ1n) is 4.63. The molecule has 1 aromatic heterocycles.